The minimum atomic E-state index is -0.998. The van der Waals surface area contributed by atoms with Crippen LogP contribution in [-0.2, 0) is 19.1 Å². The first-order chi connectivity index (χ1) is 19.0. The molecule has 1 saturated carbocycles. The molecule has 4 unspecified atom stereocenters. The number of rotatable bonds is 6. The van der Waals surface area contributed by atoms with Crippen molar-refractivity contribution in [3.63, 3.8) is 0 Å². The topological polar surface area (TPSA) is 161 Å². The quantitative estimate of drug-likeness (QED) is 0.429. The van der Waals surface area contributed by atoms with E-state index in [9.17, 15) is 19.5 Å². The fourth-order valence-electron chi connectivity index (χ4n) is 5.91. The lowest BCUT2D eigenvalue weighted by molar-refractivity contribution is -0.152. The second-order valence-electron chi connectivity index (χ2n) is 9.91. The van der Waals surface area contributed by atoms with Gasteiger partial charge in [-0.3, -0.25) is 10.1 Å². The van der Waals surface area contributed by atoms with Gasteiger partial charge < -0.3 is 29.4 Å². The number of likely N-dealkylation sites (tertiary alicyclic amines) is 1. The maximum absolute atomic E-state index is 13.8. The second kappa shape index (κ2) is 10.2. The molecule has 4 heterocycles. The highest BCUT2D eigenvalue weighted by atomic mass is 16.7. The molecule has 204 valence electrons. The molecule has 3 N–H and O–H groups in total. The first kappa shape index (κ1) is 25.2. The molecule has 3 aliphatic rings. The number of carboxylic acids is 1. The van der Waals surface area contributed by atoms with Gasteiger partial charge in [0.25, 0.3) is 0 Å². The number of carboxylic acid groups (broad SMARTS) is 1. The molecule has 0 bridgehead atoms. The summed E-state index contributed by atoms with van der Waals surface area (Å²) < 4.78 is 14.6. The molecule has 6 rings (SSSR count). The highest BCUT2D eigenvalue weighted by Gasteiger charge is 2.56. The van der Waals surface area contributed by atoms with Crippen LogP contribution in [0.2, 0.25) is 0 Å². The number of aromatic nitrogens is 4. The normalized spacial score (nSPS) is 28.0. The highest BCUT2D eigenvalue weighted by Crippen LogP contribution is 2.49. The van der Waals surface area contributed by atoms with Gasteiger partial charge in [-0.15, -0.1) is 0 Å². The van der Waals surface area contributed by atoms with Gasteiger partial charge in [0.2, 0.25) is 5.91 Å². The maximum Gasteiger partial charge on any atom is 0.326 e. The predicted molar refractivity (Wildman–Crippen MR) is 136 cm³/mol. The number of carbonyl (C=O) groups excluding carboxylic acids is 2. The van der Waals surface area contributed by atoms with Crippen LogP contribution in [0, 0.1) is 5.92 Å². The Kier molecular flexibility index (Phi) is 6.61. The van der Waals surface area contributed by atoms with E-state index < -0.39 is 42.5 Å². The summed E-state index contributed by atoms with van der Waals surface area (Å²) >= 11 is 0. The first-order valence-electron chi connectivity index (χ1n) is 13.1. The zero-order valence-electron chi connectivity index (χ0n) is 21.3. The number of anilines is 1. The first-order valence-corrected chi connectivity index (χ1v) is 13.1. The van der Waals surface area contributed by atoms with E-state index in [0.717, 1.165) is 5.56 Å². The number of amides is 3. The van der Waals surface area contributed by atoms with E-state index in [2.05, 4.69) is 25.6 Å². The Hall–Kier alpha value is -4.10. The van der Waals surface area contributed by atoms with Crippen LogP contribution in [0.1, 0.15) is 44.1 Å². The molecule has 2 saturated heterocycles. The number of nitrogens with zero attached hydrogens (tertiary/aromatic N) is 5. The van der Waals surface area contributed by atoms with Gasteiger partial charge in [-0.2, -0.15) is 0 Å². The van der Waals surface area contributed by atoms with Gasteiger partial charge >= 0.3 is 12.0 Å². The number of hydrogen-bond donors (Lipinski definition) is 3. The lowest BCUT2D eigenvalue weighted by Crippen LogP contribution is -2.45. The molecule has 1 aromatic carbocycles. The maximum atomic E-state index is 13.8. The number of carbonyl (C=O) groups is 3. The Balaban J connectivity index is 1.34. The Morgan fingerprint density at radius 3 is 2.67 bits per heavy atom. The van der Waals surface area contributed by atoms with E-state index in [-0.39, 0.29) is 17.8 Å². The van der Waals surface area contributed by atoms with Crippen LogP contribution in [0.4, 0.5) is 10.6 Å². The third kappa shape index (κ3) is 4.46. The van der Waals surface area contributed by atoms with Crippen molar-refractivity contribution in [1.29, 1.82) is 0 Å². The minimum Gasteiger partial charge on any atom is -0.480 e. The summed E-state index contributed by atoms with van der Waals surface area (Å²) in [6.07, 6.45) is 2.60. The average Bonchev–Trinajstić information content (AvgIpc) is 3.72. The van der Waals surface area contributed by atoms with E-state index >= 15 is 0 Å². The molecule has 2 aliphatic heterocycles. The van der Waals surface area contributed by atoms with Crippen LogP contribution in [0.15, 0.2) is 43.0 Å². The third-order valence-electron chi connectivity index (χ3n) is 7.65. The average molecular weight is 536 g/mol. The van der Waals surface area contributed by atoms with Crippen molar-refractivity contribution in [2.45, 2.75) is 56.8 Å². The van der Waals surface area contributed by atoms with Gasteiger partial charge in [0, 0.05) is 18.7 Å². The smallest absolute Gasteiger partial charge is 0.326 e. The zero-order valence-corrected chi connectivity index (χ0v) is 21.3. The van der Waals surface area contributed by atoms with Crippen molar-refractivity contribution in [1.82, 2.24) is 29.7 Å². The van der Waals surface area contributed by atoms with Crippen molar-refractivity contribution >= 4 is 34.9 Å². The number of nitrogens with one attached hydrogen (secondary N) is 2. The SMILES string of the molecule is CCNC(=O)Nc1ncnc2c1ncn2C1CC(C(=O)N2CCC[C@H]2C(=O)O)C2O[C@H](c3ccccc3)OC21. The second-order valence-corrected chi connectivity index (χ2v) is 9.91. The summed E-state index contributed by atoms with van der Waals surface area (Å²) in [5, 5.41) is 15.0. The Morgan fingerprint density at radius 2 is 1.90 bits per heavy atom. The largest absolute Gasteiger partial charge is 0.480 e. The summed E-state index contributed by atoms with van der Waals surface area (Å²) in [5.74, 6) is -1.59. The molecule has 3 amide bonds. The van der Waals surface area contributed by atoms with Crippen LogP contribution >= 0.6 is 0 Å². The Labute approximate surface area is 223 Å². The van der Waals surface area contributed by atoms with Crippen LogP contribution in [0.5, 0.6) is 0 Å². The molecule has 0 radical (unpaired) electrons. The van der Waals surface area contributed by atoms with E-state index in [1.165, 1.54) is 11.2 Å². The van der Waals surface area contributed by atoms with Crippen LogP contribution in [0.3, 0.4) is 0 Å². The number of hydrogen-bond acceptors (Lipinski definition) is 8. The van der Waals surface area contributed by atoms with Crippen molar-refractivity contribution in [3.8, 4) is 0 Å². The van der Waals surface area contributed by atoms with Crippen molar-refractivity contribution in [2.75, 3.05) is 18.4 Å². The van der Waals surface area contributed by atoms with Gasteiger partial charge in [0.05, 0.1) is 18.3 Å². The summed E-state index contributed by atoms with van der Waals surface area (Å²) in [5.41, 5.74) is 1.71. The molecule has 2 aromatic heterocycles. The molecule has 13 nitrogen and oxygen atoms in total. The predicted octanol–water partition coefficient (Wildman–Crippen LogP) is 2.09. The number of benzene rings is 1. The number of aliphatic carboxylic acids is 1. The molecule has 3 aromatic rings. The fourth-order valence-corrected chi connectivity index (χ4v) is 5.91. The summed E-state index contributed by atoms with van der Waals surface area (Å²) in [4.78, 5) is 52.3. The number of urea groups is 1. The van der Waals surface area contributed by atoms with E-state index in [1.807, 2.05) is 41.8 Å². The van der Waals surface area contributed by atoms with Gasteiger partial charge in [0.1, 0.15) is 24.6 Å². The highest BCUT2D eigenvalue weighted by molar-refractivity contribution is 5.95. The molecule has 3 fully saturated rings. The van der Waals surface area contributed by atoms with Gasteiger partial charge in [-0.1, -0.05) is 30.3 Å². The molecule has 6 atom stereocenters. The fraction of sp³-hybridized carbons (Fsp3) is 0.462. The van der Waals surface area contributed by atoms with E-state index in [0.29, 0.717) is 43.5 Å². The summed E-state index contributed by atoms with van der Waals surface area (Å²) in [6.45, 7) is 2.66. The van der Waals surface area contributed by atoms with E-state index in [1.54, 1.807) is 6.33 Å². The standard InChI is InChI=1S/C26H29N7O6/c1-2-27-26(37)31-21-18-22(29-12-28-21)33(13-30-18)17-11-15(23(34)32-10-6-9-16(32)24(35)36)19-20(17)39-25(38-19)14-7-4-3-5-8-14/h3-5,7-8,12-13,15-17,19-20,25H,2,6,9-11H2,1H3,(H,35,36)(H2,27,28,29,31,37)/t15?,16-,17?,19?,20?,25-/m0/s1. The molecule has 0 spiro atoms. The van der Waals surface area contributed by atoms with Gasteiger partial charge in [0.15, 0.2) is 23.3 Å². The number of ether oxygens (including phenoxy) is 2. The van der Waals surface area contributed by atoms with Crippen molar-refractivity contribution < 1.29 is 29.0 Å². The van der Waals surface area contributed by atoms with Crippen molar-refractivity contribution in [3.05, 3.63) is 48.5 Å². The van der Waals surface area contributed by atoms with Gasteiger partial charge in [-0.25, -0.2) is 24.5 Å². The summed E-state index contributed by atoms with van der Waals surface area (Å²) in [6, 6.07) is 7.86. The number of fused-ring (bicyclic) bond motifs is 2. The van der Waals surface area contributed by atoms with Crippen LogP contribution < -0.4 is 10.6 Å². The lowest BCUT2D eigenvalue weighted by atomic mass is 10.0. The van der Waals surface area contributed by atoms with Crippen LogP contribution in [0.25, 0.3) is 11.2 Å². The summed E-state index contributed by atoms with van der Waals surface area (Å²) in [7, 11) is 0. The lowest BCUT2D eigenvalue weighted by Gasteiger charge is -2.27. The Morgan fingerprint density at radius 1 is 1.10 bits per heavy atom. The monoisotopic (exact) mass is 535 g/mol. The van der Waals surface area contributed by atoms with Crippen LogP contribution in [-0.4, -0.2) is 78.8 Å². The molecule has 13 heteroatoms. The zero-order chi connectivity index (χ0) is 27.1. The van der Waals surface area contributed by atoms with Crippen molar-refractivity contribution in [2.24, 2.45) is 5.92 Å². The van der Waals surface area contributed by atoms with E-state index in [4.69, 9.17) is 9.47 Å². The van der Waals surface area contributed by atoms with Gasteiger partial charge in [-0.05, 0) is 26.2 Å². The molecular weight excluding hydrogens is 506 g/mol. The molecule has 1 aliphatic carbocycles. The third-order valence-corrected chi connectivity index (χ3v) is 7.65. The molecule has 39 heavy (non-hydrogen) atoms. The number of imidazole rings is 1. The Bertz CT molecular complexity index is 1400. The minimum absolute atomic E-state index is 0.243. The molecular formula is C26H29N7O6.